The zero-order valence-electron chi connectivity index (χ0n) is 12.8. The largest absolute Gasteiger partial charge is 0.436 e. The molecule has 1 fully saturated rings. The predicted octanol–water partition coefficient (Wildman–Crippen LogP) is 4.56. The van der Waals surface area contributed by atoms with Gasteiger partial charge in [0.15, 0.2) is 0 Å². The Labute approximate surface area is 134 Å². The van der Waals surface area contributed by atoms with Gasteiger partial charge in [0.1, 0.15) is 0 Å². The van der Waals surface area contributed by atoms with E-state index in [0.29, 0.717) is 13.0 Å². The number of ether oxygens (including phenoxy) is 2. The van der Waals surface area contributed by atoms with Crippen molar-refractivity contribution in [1.82, 2.24) is 0 Å². The zero-order valence-corrected chi connectivity index (χ0v) is 12.8. The summed E-state index contributed by atoms with van der Waals surface area (Å²) in [4.78, 5) is 11.3. The fourth-order valence-corrected chi connectivity index (χ4v) is 3.14. The summed E-state index contributed by atoms with van der Waals surface area (Å²) in [6, 6.07) is 19.0. The van der Waals surface area contributed by atoms with E-state index < -0.39 is 6.29 Å². The maximum absolute atomic E-state index is 11.3. The minimum Gasteiger partial charge on any atom is -0.436 e. The van der Waals surface area contributed by atoms with Gasteiger partial charge in [0, 0.05) is 12.8 Å². The van der Waals surface area contributed by atoms with Crippen molar-refractivity contribution in [3.8, 4) is 0 Å². The standard InChI is InChI=1S/C20H18O3/c21-19-9-4-10-20(23-19)22-13-17-8-3-7-16-11-14-5-1-2-6-15(14)12-18(16)17/h1-3,5-8,11-12,20H,4,9-10,13H2. The van der Waals surface area contributed by atoms with Gasteiger partial charge in [-0.05, 0) is 45.7 Å². The van der Waals surface area contributed by atoms with Crippen molar-refractivity contribution in [2.75, 3.05) is 0 Å². The van der Waals surface area contributed by atoms with Crippen LogP contribution in [0.1, 0.15) is 24.8 Å². The van der Waals surface area contributed by atoms with Crippen molar-refractivity contribution >= 4 is 27.5 Å². The van der Waals surface area contributed by atoms with E-state index in [1.54, 1.807) is 0 Å². The molecule has 0 aliphatic carbocycles. The summed E-state index contributed by atoms with van der Waals surface area (Å²) >= 11 is 0. The second-order valence-electron chi connectivity index (χ2n) is 5.96. The van der Waals surface area contributed by atoms with Crippen LogP contribution in [0.5, 0.6) is 0 Å². The van der Waals surface area contributed by atoms with Crippen LogP contribution in [-0.4, -0.2) is 12.3 Å². The summed E-state index contributed by atoms with van der Waals surface area (Å²) in [6.45, 7) is 0.452. The van der Waals surface area contributed by atoms with Gasteiger partial charge in [0.2, 0.25) is 6.29 Å². The minimum atomic E-state index is -0.410. The van der Waals surface area contributed by atoms with Crippen LogP contribution in [-0.2, 0) is 20.9 Å². The molecule has 3 aromatic carbocycles. The number of benzene rings is 3. The summed E-state index contributed by atoms with van der Waals surface area (Å²) in [5.41, 5.74) is 1.12. The van der Waals surface area contributed by atoms with Crippen LogP contribution < -0.4 is 0 Å². The first kappa shape index (κ1) is 14.2. The van der Waals surface area contributed by atoms with E-state index >= 15 is 0 Å². The Morgan fingerprint density at radius 1 is 1.00 bits per heavy atom. The Kier molecular flexibility index (Phi) is 3.72. The molecular weight excluding hydrogens is 288 g/mol. The third-order valence-corrected chi connectivity index (χ3v) is 4.35. The smallest absolute Gasteiger partial charge is 0.308 e. The topological polar surface area (TPSA) is 35.5 Å². The monoisotopic (exact) mass is 306 g/mol. The van der Waals surface area contributed by atoms with E-state index in [1.807, 2.05) is 6.07 Å². The number of carbonyl (C=O) groups excluding carboxylic acids is 1. The quantitative estimate of drug-likeness (QED) is 0.525. The Morgan fingerprint density at radius 2 is 1.78 bits per heavy atom. The van der Waals surface area contributed by atoms with Crippen LogP contribution in [0.4, 0.5) is 0 Å². The van der Waals surface area contributed by atoms with E-state index in [-0.39, 0.29) is 5.97 Å². The number of carbonyl (C=O) groups is 1. The lowest BCUT2D eigenvalue weighted by molar-refractivity contribution is -0.191. The Hall–Kier alpha value is -2.39. The highest BCUT2D eigenvalue weighted by Crippen LogP contribution is 2.27. The van der Waals surface area contributed by atoms with Crippen LogP contribution in [0.25, 0.3) is 21.5 Å². The van der Waals surface area contributed by atoms with Crippen molar-refractivity contribution in [3.63, 3.8) is 0 Å². The molecule has 0 amide bonds. The molecule has 1 aliphatic rings. The maximum Gasteiger partial charge on any atom is 0.308 e. The molecule has 0 spiro atoms. The number of cyclic esters (lactones) is 1. The SMILES string of the molecule is O=C1CCCC(OCc2cccc3cc4ccccc4cc23)O1. The number of hydrogen-bond donors (Lipinski definition) is 0. The highest BCUT2D eigenvalue weighted by Gasteiger charge is 2.20. The fourth-order valence-electron chi connectivity index (χ4n) is 3.14. The van der Waals surface area contributed by atoms with Gasteiger partial charge in [0.05, 0.1) is 6.61 Å². The van der Waals surface area contributed by atoms with Gasteiger partial charge in [-0.25, -0.2) is 0 Å². The summed E-state index contributed by atoms with van der Waals surface area (Å²) in [5, 5.41) is 4.84. The van der Waals surface area contributed by atoms with E-state index in [4.69, 9.17) is 9.47 Å². The molecule has 3 heteroatoms. The van der Waals surface area contributed by atoms with Crippen LogP contribution in [0.2, 0.25) is 0 Å². The number of esters is 1. The van der Waals surface area contributed by atoms with Gasteiger partial charge >= 0.3 is 5.97 Å². The molecule has 0 saturated carbocycles. The second-order valence-corrected chi connectivity index (χ2v) is 5.96. The summed E-state index contributed by atoms with van der Waals surface area (Å²) in [5.74, 6) is -0.162. The van der Waals surface area contributed by atoms with E-state index in [9.17, 15) is 4.79 Å². The van der Waals surface area contributed by atoms with Gasteiger partial charge < -0.3 is 9.47 Å². The predicted molar refractivity (Wildman–Crippen MR) is 90.0 cm³/mol. The molecule has 1 atom stereocenters. The van der Waals surface area contributed by atoms with Crippen LogP contribution in [0, 0.1) is 0 Å². The van der Waals surface area contributed by atoms with E-state index in [2.05, 4.69) is 48.5 Å². The van der Waals surface area contributed by atoms with Crippen molar-refractivity contribution < 1.29 is 14.3 Å². The van der Waals surface area contributed by atoms with Crippen molar-refractivity contribution in [1.29, 1.82) is 0 Å². The lowest BCUT2D eigenvalue weighted by atomic mass is 10.00. The second kappa shape index (κ2) is 6.01. The highest BCUT2D eigenvalue weighted by atomic mass is 16.7. The Balaban J connectivity index is 1.63. The van der Waals surface area contributed by atoms with Crippen LogP contribution in [0.3, 0.4) is 0 Å². The van der Waals surface area contributed by atoms with Gasteiger partial charge in [-0.15, -0.1) is 0 Å². The third kappa shape index (κ3) is 2.92. The lowest BCUT2D eigenvalue weighted by Gasteiger charge is -2.22. The fraction of sp³-hybridized carbons (Fsp3) is 0.250. The van der Waals surface area contributed by atoms with E-state index in [1.165, 1.54) is 21.5 Å². The molecule has 1 heterocycles. The lowest BCUT2D eigenvalue weighted by Crippen LogP contribution is -2.25. The molecule has 1 aliphatic heterocycles. The molecule has 3 aromatic rings. The first-order valence-electron chi connectivity index (χ1n) is 8.01. The Morgan fingerprint density at radius 3 is 2.61 bits per heavy atom. The summed E-state index contributed by atoms with van der Waals surface area (Å²) < 4.78 is 11.0. The first-order valence-corrected chi connectivity index (χ1v) is 8.01. The van der Waals surface area contributed by atoms with Crippen molar-refractivity contribution in [3.05, 3.63) is 60.2 Å². The molecule has 0 radical (unpaired) electrons. The summed E-state index contributed by atoms with van der Waals surface area (Å²) in [6.07, 6.45) is 1.70. The molecule has 0 N–H and O–H groups in total. The Bertz CT molecular complexity index is 869. The van der Waals surface area contributed by atoms with Crippen LogP contribution >= 0.6 is 0 Å². The average Bonchev–Trinajstić information content (AvgIpc) is 2.58. The molecule has 4 rings (SSSR count). The molecule has 1 unspecified atom stereocenters. The zero-order chi connectivity index (χ0) is 15.6. The molecule has 1 saturated heterocycles. The molecule has 23 heavy (non-hydrogen) atoms. The minimum absolute atomic E-state index is 0.162. The van der Waals surface area contributed by atoms with Gasteiger partial charge in [-0.1, -0.05) is 42.5 Å². The van der Waals surface area contributed by atoms with Gasteiger partial charge in [0.25, 0.3) is 0 Å². The molecule has 0 aromatic heterocycles. The van der Waals surface area contributed by atoms with Gasteiger partial charge in [-0.2, -0.15) is 0 Å². The number of hydrogen-bond acceptors (Lipinski definition) is 3. The average molecular weight is 306 g/mol. The number of rotatable bonds is 3. The van der Waals surface area contributed by atoms with Crippen molar-refractivity contribution in [2.45, 2.75) is 32.2 Å². The van der Waals surface area contributed by atoms with Gasteiger partial charge in [-0.3, -0.25) is 4.79 Å². The van der Waals surface area contributed by atoms with Crippen LogP contribution in [0.15, 0.2) is 54.6 Å². The molecule has 116 valence electrons. The normalized spacial score (nSPS) is 18.3. The first-order chi connectivity index (χ1) is 11.3. The molecular formula is C20H18O3. The van der Waals surface area contributed by atoms with E-state index in [0.717, 1.165) is 18.4 Å². The molecule has 3 nitrogen and oxygen atoms in total. The molecule has 0 bridgehead atoms. The highest BCUT2D eigenvalue weighted by molar-refractivity contribution is 5.99. The maximum atomic E-state index is 11.3. The summed E-state index contributed by atoms with van der Waals surface area (Å²) in [7, 11) is 0. The van der Waals surface area contributed by atoms with Crippen molar-refractivity contribution in [2.24, 2.45) is 0 Å². The number of fused-ring (bicyclic) bond motifs is 2. The third-order valence-electron chi connectivity index (χ3n) is 4.35.